The molecule has 0 bridgehead atoms. The van der Waals surface area contributed by atoms with E-state index < -0.39 is 14.9 Å². The van der Waals surface area contributed by atoms with Gasteiger partial charge in [0.25, 0.3) is 10.0 Å². The zero-order valence-electron chi connectivity index (χ0n) is 13.5. The highest BCUT2D eigenvalue weighted by molar-refractivity contribution is 9.09. The van der Waals surface area contributed by atoms with E-state index in [2.05, 4.69) is 20.7 Å². The summed E-state index contributed by atoms with van der Waals surface area (Å²) in [6, 6.07) is 11.7. The lowest BCUT2D eigenvalue weighted by Gasteiger charge is -2.15. The third-order valence-corrected chi connectivity index (χ3v) is 6.08. The molecule has 24 heavy (non-hydrogen) atoms. The molecule has 0 heterocycles. The fourth-order valence-electron chi connectivity index (χ4n) is 2.18. The number of Topliss-reactive ketones (excluding diaryl/α,β-unsaturated/α-hetero) is 1. The molecule has 1 unspecified atom stereocenters. The number of carbonyl (C=O) groups is 1. The van der Waals surface area contributed by atoms with Crippen molar-refractivity contribution < 1.29 is 17.9 Å². The predicted octanol–water partition coefficient (Wildman–Crippen LogP) is 3.83. The van der Waals surface area contributed by atoms with E-state index in [0.717, 1.165) is 5.56 Å². The first-order valence-corrected chi connectivity index (χ1v) is 9.57. The maximum atomic E-state index is 12.8. The Bertz CT molecular complexity index is 865. The Labute approximate surface area is 150 Å². The van der Waals surface area contributed by atoms with Crippen LogP contribution in [0, 0.1) is 6.92 Å². The minimum Gasteiger partial charge on any atom is -0.495 e. The van der Waals surface area contributed by atoms with Gasteiger partial charge in [-0.3, -0.25) is 9.52 Å². The Morgan fingerprint density at radius 3 is 2.46 bits per heavy atom. The summed E-state index contributed by atoms with van der Waals surface area (Å²) in [4.78, 5) is 11.0. The summed E-state index contributed by atoms with van der Waals surface area (Å²) in [7, 11) is -2.47. The lowest BCUT2D eigenvalue weighted by Crippen LogP contribution is -2.15. The number of hydrogen-bond donors (Lipinski definition) is 1. The van der Waals surface area contributed by atoms with Gasteiger partial charge in [-0.25, -0.2) is 8.42 Å². The smallest absolute Gasteiger partial charge is 0.265 e. The summed E-state index contributed by atoms with van der Waals surface area (Å²) in [5.41, 5.74) is 1.85. The van der Waals surface area contributed by atoms with E-state index in [1.807, 2.05) is 19.1 Å². The van der Waals surface area contributed by atoms with Crippen molar-refractivity contribution in [2.24, 2.45) is 0 Å². The monoisotopic (exact) mass is 411 g/mol. The second kappa shape index (κ2) is 7.36. The molecule has 0 aliphatic rings. The number of alkyl halides is 1. The number of benzene rings is 2. The Morgan fingerprint density at radius 2 is 1.88 bits per heavy atom. The van der Waals surface area contributed by atoms with E-state index in [9.17, 15) is 13.2 Å². The second-order valence-corrected chi connectivity index (χ2v) is 7.87. The minimum atomic E-state index is -3.87. The van der Waals surface area contributed by atoms with Gasteiger partial charge in [0.05, 0.1) is 17.6 Å². The molecular formula is C17H18BrNO4S. The largest absolute Gasteiger partial charge is 0.495 e. The topological polar surface area (TPSA) is 72.5 Å². The van der Waals surface area contributed by atoms with Crippen molar-refractivity contribution in [3.05, 3.63) is 53.6 Å². The summed E-state index contributed by atoms with van der Waals surface area (Å²) in [6.07, 6.45) is 0. The minimum absolute atomic E-state index is 0.0172. The van der Waals surface area contributed by atoms with E-state index in [1.165, 1.54) is 20.1 Å². The molecule has 0 saturated carbocycles. The molecule has 1 N–H and O–H groups in total. The Kier molecular flexibility index (Phi) is 5.66. The third-order valence-electron chi connectivity index (χ3n) is 3.52. The summed E-state index contributed by atoms with van der Waals surface area (Å²) < 4.78 is 33.3. The summed E-state index contributed by atoms with van der Waals surface area (Å²) in [5, 5.41) is 0. The second-order valence-electron chi connectivity index (χ2n) is 5.30. The number of ketones is 1. The van der Waals surface area contributed by atoms with Crippen molar-refractivity contribution in [2.45, 2.75) is 23.6 Å². The van der Waals surface area contributed by atoms with Crippen LogP contribution >= 0.6 is 15.9 Å². The Morgan fingerprint density at radius 1 is 1.21 bits per heavy atom. The maximum Gasteiger partial charge on any atom is 0.265 e. The van der Waals surface area contributed by atoms with Crippen molar-refractivity contribution >= 4 is 37.4 Å². The number of ether oxygens (including phenoxy) is 1. The molecule has 0 saturated heterocycles. The molecule has 2 aromatic rings. The summed E-state index contributed by atoms with van der Waals surface area (Å²) in [5.74, 6) is 0.0958. The summed E-state index contributed by atoms with van der Waals surface area (Å²) in [6.45, 7) is 3.25. The normalized spacial score (nSPS) is 12.5. The molecule has 128 valence electrons. The average molecular weight is 412 g/mol. The van der Waals surface area contributed by atoms with Crippen LogP contribution in [-0.2, 0) is 14.8 Å². The van der Waals surface area contributed by atoms with E-state index in [-0.39, 0.29) is 16.4 Å². The highest BCUT2D eigenvalue weighted by Crippen LogP contribution is 2.32. The molecule has 0 radical (unpaired) electrons. The molecule has 0 spiro atoms. The van der Waals surface area contributed by atoms with Gasteiger partial charge < -0.3 is 4.74 Å². The number of carbonyl (C=O) groups excluding carboxylic acids is 1. The standard InChI is InChI=1S/C17H18BrNO4S/c1-11-6-4-5-7-14(11)19-24(21,22)16-10-13(17(18)12(2)20)8-9-15(16)23-3/h4-10,17,19H,1-3H3. The van der Waals surface area contributed by atoms with Gasteiger partial charge in [0.1, 0.15) is 16.4 Å². The molecule has 1 atom stereocenters. The molecule has 2 aromatic carbocycles. The van der Waals surface area contributed by atoms with Gasteiger partial charge in [0.2, 0.25) is 0 Å². The first-order chi connectivity index (χ1) is 11.3. The van der Waals surface area contributed by atoms with Crippen LogP contribution < -0.4 is 9.46 Å². The quantitative estimate of drug-likeness (QED) is 0.732. The van der Waals surface area contributed by atoms with Crippen molar-refractivity contribution in [1.29, 1.82) is 0 Å². The van der Waals surface area contributed by atoms with Crippen LogP contribution in [0.3, 0.4) is 0 Å². The van der Waals surface area contributed by atoms with Gasteiger partial charge in [-0.05, 0) is 43.2 Å². The number of para-hydroxylation sites is 1. The fourth-order valence-corrected chi connectivity index (χ4v) is 3.80. The number of methoxy groups -OCH3 is 1. The van der Waals surface area contributed by atoms with Gasteiger partial charge in [-0.1, -0.05) is 40.2 Å². The first kappa shape index (κ1) is 18.5. The number of aryl methyl sites for hydroxylation is 1. The predicted molar refractivity (Wildman–Crippen MR) is 97.3 cm³/mol. The summed E-state index contributed by atoms with van der Waals surface area (Å²) >= 11 is 3.27. The van der Waals surface area contributed by atoms with Crippen LogP contribution in [0.5, 0.6) is 5.75 Å². The molecule has 0 aliphatic carbocycles. The van der Waals surface area contributed by atoms with Crippen LogP contribution in [0.1, 0.15) is 22.9 Å². The number of halogens is 1. The highest BCUT2D eigenvalue weighted by atomic mass is 79.9. The van der Waals surface area contributed by atoms with Crippen LogP contribution in [0.4, 0.5) is 5.69 Å². The van der Waals surface area contributed by atoms with Gasteiger partial charge in [0, 0.05) is 0 Å². The molecule has 2 rings (SSSR count). The van der Waals surface area contributed by atoms with Crippen molar-refractivity contribution in [3.63, 3.8) is 0 Å². The number of anilines is 1. The number of rotatable bonds is 6. The molecular weight excluding hydrogens is 394 g/mol. The number of sulfonamides is 1. The van der Waals surface area contributed by atoms with E-state index in [1.54, 1.807) is 24.3 Å². The van der Waals surface area contributed by atoms with E-state index >= 15 is 0 Å². The zero-order chi connectivity index (χ0) is 17.9. The van der Waals surface area contributed by atoms with Crippen molar-refractivity contribution in [1.82, 2.24) is 0 Å². The Hall–Kier alpha value is -1.86. The lowest BCUT2D eigenvalue weighted by molar-refractivity contribution is -0.116. The van der Waals surface area contributed by atoms with Crippen LogP contribution in [-0.4, -0.2) is 21.3 Å². The van der Waals surface area contributed by atoms with Gasteiger partial charge in [0.15, 0.2) is 0 Å². The Balaban J connectivity index is 2.50. The van der Waals surface area contributed by atoms with E-state index in [4.69, 9.17) is 4.74 Å². The molecule has 0 amide bonds. The highest BCUT2D eigenvalue weighted by Gasteiger charge is 2.23. The van der Waals surface area contributed by atoms with Crippen LogP contribution in [0.15, 0.2) is 47.4 Å². The number of hydrogen-bond acceptors (Lipinski definition) is 4. The van der Waals surface area contributed by atoms with Gasteiger partial charge in [-0.15, -0.1) is 0 Å². The molecule has 0 aromatic heterocycles. The van der Waals surface area contributed by atoms with E-state index in [0.29, 0.717) is 11.3 Å². The third kappa shape index (κ3) is 3.96. The molecule has 7 heteroatoms. The molecule has 5 nitrogen and oxygen atoms in total. The lowest BCUT2D eigenvalue weighted by atomic mass is 10.1. The fraction of sp³-hybridized carbons (Fsp3) is 0.235. The SMILES string of the molecule is COc1ccc(C(Br)C(C)=O)cc1S(=O)(=O)Nc1ccccc1C. The maximum absolute atomic E-state index is 12.8. The van der Waals surface area contributed by atoms with Gasteiger partial charge in [-0.2, -0.15) is 0 Å². The first-order valence-electron chi connectivity index (χ1n) is 7.17. The van der Waals surface area contributed by atoms with Gasteiger partial charge >= 0.3 is 0 Å². The van der Waals surface area contributed by atoms with Crippen LogP contribution in [0.25, 0.3) is 0 Å². The van der Waals surface area contributed by atoms with Crippen molar-refractivity contribution in [3.8, 4) is 5.75 Å². The molecule has 0 fully saturated rings. The molecule has 0 aliphatic heterocycles. The average Bonchev–Trinajstić information content (AvgIpc) is 2.55. The van der Waals surface area contributed by atoms with Crippen molar-refractivity contribution in [2.75, 3.05) is 11.8 Å². The number of nitrogens with one attached hydrogen (secondary N) is 1. The van der Waals surface area contributed by atoms with Crippen LogP contribution in [0.2, 0.25) is 0 Å². The zero-order valence-corrected chi connectivity index (χ0v) is 15.9.